The van der Waals surface area contributed by atoms with Crippen molar-refractivity contribution >= 4 is 46.6 Å². The summed E-state index contributed by atoms with van der Waals surface area (Å²) in [6.07, 6.45) is 4.67. The molecule has 5 rings (SSSR count). The topological polar surface area (TPSA) is 104 Å². The van der Waals surface area contributed by atoms with E-state index in [0.717, 1.165) is 33.1 Å². The molecule has 2 amide bonds. The Hall–Kier alpha value is -4.84. The molecule has 0 N–H and O–H groups in total. The van der Waals surface area contributed by atoms with Crippen LogP contribution < -0.4 is 14.7 Å². The molecule has 0 atom stereocenters. The Kier molecular flexibility index (Phi) is 12.2. The summed E-state index contributed by atoms with van der Waals surface area (Å²) in [5.74, 6) is 0.269. The van der Waals surface area contributed by atoms with Crippen molar-refractivity contribution < 1.29 is 23.9 Å². The van der Waals surface area contributed by atoms with Crippen LogP contribution in [0.5, 0.6) is 5.88 Å². The van der Waals surface area contributed by atoms with Gasteiger partial charge in [0.2, 0.25) is 11.8 Å². The predicted molar refractivity (Wildman–Crippen MR) is 178 cm³/mol. The van der Waals surface area contributed by atoms with Gasteiger partial charge in [0.25, 0.3) is 0 Å². The van der Waals surface area contributed by atoms with Crippen LogP contribution in [0.2, 0.25) is 5.02 Å². The second kappa shape index (κ2) is 16.5. The first-order valence-corrected chi connectivity index (χ1v) is 15.0. The largest absolute Gasteiger partial charge is 0.472 e. The summed E-state index contributed by atoms with van der Waals surface area (Å²) in [6, 6.07) is 24.1. The molecule has 240 valence electrons. The van der Waals surface area contributed by atoms with Crippen molar-refractivity contribution in [1.82, 2.24) is 19.6 Å². The molecule has 0 spiro atoms. The molecule has 0 radical (unpaired) electrons. The highest BCUT2D eigenvalue weighted by molar-refractivity contribution is 6.30. The molecular weight excluding hydrogens is 631 g/mol. The Bertz CT molecular complexity index is 1710. The number of halogens is 2. The first-order valence-electron chi connectivity index (χ1n) is 14.1. The Balaban J connectivity index is 0.000000222. The fraction of sp³-hybridized carbons (Fsp3) is 0.212. The molecule has 0 saturated carbocycles. The zero-order valence-electron chi connectivity index (χ0n) is 25.8. The van der Waals surface area contributed by atoms with Crippen LogP contribution in [0, 0.1) is 13.8 Å². The molecule has 0 aliphatic heterocycles. The van der Waals surface area contributed by atoms with Gasteiger partial charge in [-0.1, -0.05) is 48.0 Å². The number of alkyl halides is 1. The van der Waals surface area contributed by atoms with Gasteiger partial charge >= 0.3 is 6.09 Å². The van der Waals surface area contributed by atoms with Gasteiger partial charge in [-0.3, -0.25) is 19.2 Å². The van der Waals surface area contributed by atoms with Crippen LogP contribution in [0.3, 0.4) is 0 Å². The van der Waals surface area contributed by atoms with Gasteiger partial charge in [0.1, 0.15) is 19.2 Å². The van der Waals surface area contributed by atoms with Gasteiger partial charge in [-0.05, 0) is 61.4 Å². The van der Waals surface area contributed by atoms with E-state index in [1.807, 2.05) is 68.6 Å². The van der Waals surface area contributed by atoms with Gasteiger partial charge in [0.15, 0.2) is 0 Å². The zero-order valence-corrected chi connectivity index (χ0v) is 27.4. The Morgan fingerprint density at radius 2 is 1.61 bits per heavy atom. The summed E-state index contributed by atoms with van der Waals surface area (Å²) in [5, 5.41) is 10.2. The van der Waals surface area contributed by atoms with Crippen LogP contribution in [-0.4, -0.2) is 51.7 Å². The molecule has 2 heterocycles. The number of para-hydroxylation sites is 2. The standard InChI is InChI=1S/C19H18ClN3O4.C14H16ClN3O/c1-25-19(24)23(26-2)17-6-4-3-5-14(17)13-27-18-11-12-22(21-18)16-9-7-15(20)8-10-16;1-11-5-3-6-12(2)14(11)18(13(19)9-15)10-17-8-4-7-16-17/h3-12H,13H2,1-2H3;3-8H,9-10H2,1-2H3. The fourth-order valence-corrected chi connectivity index (χ4v) is 4.84. The highest BCUT2D eigenvalue weighted by Gasteiger charge is 2.20. The number of nitrogens with zero attached hydrogens (tertiary/aromatic N) is 6. The molecule has 0 saturated heterocycles. The molecule has 0 aliphatic rings. The number of aromatic nitrogens is 4. The number of benzene rings is 3. The fourth-order valence-electron chi connectivity index (χ4n) is 4.57. The number of hydrogen-bond acceptors (Lipinski definition) is 7. The second-order valence-corrected chi connectivity index (χ2v) is 10.5. The Labute approximate surface area is 277 Å². The van der Waals surface area contributed by atoms with Crippen molar-refractivity contribution in [3.63, 3.8) is 0 Å². The minimum absolute atomic E-state index is 0.0466. The number of methoxy groups -OCH3 is 1. The summed E-state index contributed by atoms with van der Waals surface area (Å²) >= 11 is 11.6. The van der Waals surface area contributed by atoms with E-state index in [0.29, 0.717) is 23.3 Å². The molecule has 46 heavy (non-hydrogen) atoms. The first kappa shape index (κ1) is 34.0. The lowest BCUT2D eigenvalue weighted by Gasteiger charge is -2.25. The third-order valence-electron chi connectivity index (χ3n) is 6.74. The molecule has 0 aliphatic carbocycles. The van der Waals surface area contributed by atoms with Gasteiger partial charge < -0.3 is 9.47 Å². The average molecular weight is 666 g/mol. The smallest absolute Gasteiger partial charge is 0.438 e. The quantitative estimate of drug-likeness (QED) is 0.117. The predicted octanol–water partition coefficient (Wildman–Crippen LogP) is 6.97. The minimum Gasteiger partial charge on any atom is -0.472 e. The maximum absolute atomic E-state index is 12.1. The summed E-state index contributed by atoms with van der Waals surface area (Å²) in [6.45, 7) is 4.54. The van der Waals surface area contributed by atoms with Gasteiger partial charge in [0, 0.05) is 35.2 Å². The molecule has 13 heteroatoms. The molecule has 5 aromatic rings. The Morgan fingerprint density at radius 1 is 0.891 bits per heavy atom. The molecule has 2 aromatic heterocycles. The third kappa shape index (κ3) is 8.66. The van der Waals surface area contributed by atoms with Gasteiger partial charge in [-0.25, -0.2) is 9.48 Å². The number of amides is 2. The van der Waals surface area contributed by atoms with Crippen LogP contribution in [0.4, 0.5) is 16.2 Å². The summed E-state index contributed by atoms with van der Waals surface area (Å²) in [7, 11) is 2.68. The van der Waals surface area contributed by atoms with Crippen molar-refractivity contribution in [1.29, 1.82) is 0 Å². The average Bonchev–Trinajstić information content (AvgIpc) is 3.77. The van der Waals surface area contributed by atoms with E-state index in [2.05, 4.69) is 10.2 Å². The lowest BCUT2D eigenvalue weighted by Crippen LogP contribution is -2.35. The number of carbonyl (C=O) groups excluding carboxylic acids is 2. The number of rotatable bonds is 10. The number of anilines is 2. The van der Waals surface area contributed by atoms with E-state index in [-0.39, 0.29) is 18.4 Å². The van der Waals surface area contributed by atoms with Crippen LogP contribution >= 0.6 is 23.2 Å². The van der Waals surface area contributed by atoms with Gasteiger partial charge in [-0.15, -0.1) is 16.7 Å². The van der Waals surface area contributed by atoms with E-state index in [9.17, 15) is 9.59 Å². The van der Waals surface area contributed by atoms with E-state index < -0.39 is 6.09 Å². The van der Waals surface area contributed by atoms with E-state index in [1.54, 1.807) is 57.0 Å². The molecule has 11 nitrogen and oxygen atoms in total. The summed E-state index contributed by atoms with van der Waals surface area (Å²) in [5.41, 5.74) is 5.14. The Morgan fingerprint density at radius 3 is 2.24 bits per heavy atom. The van der Waals surface area contributed by atoms with Crippen molar-refractivity contribution in [3.05, 3.63) is 119 Å². The number of ether oxygens (including phenoxy) is 2. The van der Waals surface area contributed by atoms with Crippen molar-refractivity contribution in [2.45, 2.75) is 27.1 Å². The van der Waals surface area contributed by atoms with Crippen molar-refractivity contribution in [3.8, 4) is 11.6 Å². The number of hydrogen-bond donors (Lipinski definition) is 0. The normalized spacial score (nSPS) is 10.5. The van der Waals surface area contributed by atoms with E-state index in [4.69, 9.17) is 37.5 Å². The maximum Gasteiger partial charge on any atom is 0.438 e. The number of aryl methyl sites for hydroxylation is 2. The SMILES string of the molecule is COC(=O)N(OC)c1ccccc1COc1ccn(-c2ccc(Cl)cc2)n1.Cc1cccc(C)c1N(Cn1cccn1)C(=O)CCl. The number of carbonyl (C=O) groups is 2. The third-order valence-corrected chi connectivity index (χ3v) is 7.22. The molecule has 3 aromatic carbocycles. The molecular formula is C33H34Cl2N6O5. The van der Waals surface area contributed by atoms with Crippen molar-refractivity contribution in [2.75, 3.05) is 30.1 Å². The highest BCUT2D eigenvalue weighted by Crippen LogP contribution is 2.26. The minimum atomic E-state index is -0.628. The van der Waals surface area contributed by atoms with Crippen molar-refractivity contribution in [2.24, 2.45) is 0 Å². The molecule has 0 unspecified atom stereocenters. The number of hydroxylamine groups is 1. The van der Waals surface area contributed by atoms with Crippen LogP contribution in [0.25, 0.3) is 5.69 Å². The van der Waals surface area contributed by atoms with Crippen LogP contribution in [0.15, 0.2) is 97.5 Å². The van der Waals surface area contributed by atoms with Gasteiger partial charge in [-0.2, -0.15) is 10.2 Å². The van der Waals surface area contributed by atoms with E-state index >= 15 is 0 Å². The second-order valence-electron chi connectivity index (χ2n) is 9.82. The molecule has 0 bridgehead atoms. The zero-order chi connectivity index (χ0) is 33.1. The van der Waals surface area contributed by atoms with Crippen LogP contribution in [-0.2, 0) is 27.6 Å². The highest BCUT2D eigenvalue weighted by atomic mass is 35.5. The lowest BCUT2D eigenvalue weighted by molar-refractivity contribution is -0.116. The molecule has 0 fully saturated rings. The summed E-state index contributed by atoms with van der Waals surface area (Å²) < 4.78 is 13.9. The lowest BCUT2D eigenvalue weighted by atomic mass is 10.1. The van der Waals surface area contributed by atoms with Crippen LogP contribution in [0.1, 0.15) is 16.7 Å². The summed E-state index contributed by atoms with van der Waals surface area (Å²) in [4.78, 5) is 30.8. The van der Waals surface area contributed by atoms with E-state index in [1.165, 1.54) is 14.2 Å². The van der Waals surface area contributed by atoms with Gasteiger partial charge in [0.05, 0.1) is 31.3 Å². The maximum atomic E-state index is 12.1. The first-order chi connectivity index (χ1) is 22.2. The monoisotopic (exact) mass is 664 g/mol.